The number of allylic oxidation sites excluding steroid dienone is 2. The summed E-state index contributed by atoms with van der Waals surface area (Å²) in [4.78, 5) is 11.9. The van der Waals surface area contributed by atoms with Gasteiger partial charge in [-0.1, -0.05) is 101 Å². The van der Waals surface area contributed by atoms with Gasteiger partial charge in [-0.05, 0) is 44.6 Å². The van der Waals surface area contributed by atoms with Gasteiger partial charge in [-0.2, -0.15) is 5.10 Å². The molecule has 1 amide bonds. The molecule has 1 aromatic carbocycles. The average Bonchev–Trinajstić information content (AvgIpc) is 2.75. The second-order valence-electron chi connectivity index (χ2n) is 7.93. The second-order valence-corrected chi connectivity index (χ2v) is 7.93. The number of unbranched alkanes of at least 4 members (excludes halogenated alkanes) is 11. The molecule has 0 saturated heterocycles. The van der Waals surface area contributed by atoms with Crippen molar-refractivity contribution in [2.24, 2.45) is 5.10 Å². The van der Waals surface area contributed by atoms with Crippen molar-refractivity contribution in [3.8, 4) is 0 Å². The maximum absolute atomic E-state index is 11.9. The van der Waals surface area contributed by atoms with Gasteiger partial charge in [0.15, 0.2) is 0 Å². The number of amides is 1. The molecule has 3 heteroatoms. The smallest absolute Gasteiger partial charge is 0.240 e. The third kappa shape index (κ3) is 14.7. The van der Waals surface area contributed by atoms with Crippen LogP contribution in [-0.2, 0) is 4.79 Å². The lowest BCUT2D eigenvalue weighted by Gasteiger charge is -2.03. The maximum Gasteiger partial charge on any atom is 0.240 e. The van der Waals surface area contributed by atoms with E-state index in [1.54, 1.807) is 0 Å². The highest BCUT2D eigenvalue weighted by Gasteiger charge is 2.01. The minimum Gasteiger partial charge on any atom is -0.273 e. The van der Waals surface area contributed by atoms with E-state index < -0.39 is 0 Å². The van der Waals surface area contributed by atoms with Crippen LogP contribution in [0.3, 0.4) is 0 Å². The molecule has 0 atom stereocenters. The number of nitrogens with zero attached hydrogens (tertiary/aromatic N) is 1. The van der Waals surface area contributed by atoms with Gasteiger partial charge >= 0.3 is 0 Å². The van der Waals surface area contributed by atoms with Gasteiger partial charge in [0.25, 0.3) is 0 Å². The van der Waals surface area contributed by atoms with Crippen molar-refractivity contribution in [3.63, 3.8) is 0 Å². The summed E-state index contributed by atoms with van der Waals surface area (Å²) in [7, 11) is 0. The third-order valence-electron chi connectivity index (χ3n) is 5.21. The molecule has 0 aliphatic carbocycles. The lowest BCUT2D eigenvalue weighted by molar-refractivity contribution is -0.121. The lowest BCUT2D eigenvalue weighted by atomic mass is 10.1. The first-order chi connectivity index (χ1) is 14.2. The summed E-state index contributed by atoms with van der Waals surface area (Å²) < 4.78 is 0. The van der Waals surface area contributed by atoms with Crippen molar-refractivity contribution >= 4 is 11.6 Å². The predicted octanol–water partition coefficient (Wildman–Crippen LogP) is 7.56. The van der Waals surface area contributed by atoms with Gasteiger partial charge in [-0.3, -0.25) is 4.79 Å². The minimum atomic E-state index is 0.0120. The van der Waals surface area contributed by atoms with Crippen LogP contribution in [0.2, 0.25) is 0 Å². The molecule has 0 saturated carbocycles. The predicted molar refractivity (Wildman–Crippen MR) is 126 cm³/mol. The SMILES string of the molecule is CCCCCCCC/C=C/CCCCCCCC(=O)N/N=C(/C)c1ccccc1. The van der Waals surface area contributed by atoms with E-state index in [0.717, 1.165) is 24.1 Å². The number of rotatable bonds is 17. The standard InChI is InChI=1S/C26H42N2O/c1-3-4-5-6-7-8-9-10-11-12-13-14-15-16-20-23-26(29)28-27-24(2)25-21-18-17-19-22-25/h10-11,17-19,21-22H,3-9,12-16,20,23H2,1-2H3,(H,28,29)/b11-10+,27-24-. The molecule has 0 fully saturated rings. The summed E-state index contributed by atoms with van der Waals surface area (Å²) >= 11 is 0. The topological polar surface area (TPSA) is 41.5 Å². The molecule has 0 radical (unpaired) electrons. The van der Waals surface area contributed by atoms with E-state index in [0.29, 0.717) is 6.42 Å². The second kappa shape index (κ2) is 18.1. The van der Waals surface area contributed by atoms with E-state index in [9.17, 15) is 4.79 Å². The van der Waals surface area contributed by atoms with E-state index in [1.165, 1.54) is 70.6 Å². The van der Waals surface area contributed by atoms with Crippen LogP contribution in [0.25, 0.3) is 0 Å². The van der Waals surface area contributed by atoms with Gasteiger partial charge in [0.2, 0.25) is 5.91 Å². The van der Waals surface area contributed by atoms with Crippen LogP contribution < -0.4 is 5.43 Å². The Labute approximate surface area is 179 Å². The number of carbonyl (C=O) groups is 1. The Bertz CT molecular complexity index is 578. The van der Waals surface area contributed by atoms with E-state index in [-0.39, 0.29) is 5.91 Å². The van der Waals surface area contributed by atoms with E-state index in [2.05, 4.69) is 29.6 Å². The Morgan fingerprint density at radius 3 is 2.00 bits per heavy atom. The van der Waals surface area contributed by atoms with Gasteiger partial charge < -0.3 is 0 Å². The number of benzene rings is 1. The molecule has 0 unspecified atom stereocenters. The molecule has 0 aliphatic rings. The van der Waals surface area contributed by atoms with Gasteiger partial charge in [-0.25, -0.2) is 5.43 Å². The molecule has 1 aromatic rings. The molecular formula is C26H42N2O. The van der Waals surface area contributed by atoms with Crippen molar-refractivity contribution in [1.29, 1.82) is 0 Å². The fourth-order valence-corrected chi connectivity index (χ4v) is 3.30. The maximum atomic E-state index is 11.9. The molecule has 1 rings (SSSR count). The fourth-order valence-electron chi connectivity index (χ4n) is 3.30. The van der Waals surface area contributed by atoms with Crippen molar-refractivity contribution < 1.29 is 4.79 Å². The van der Waals surface area contributed by atoms with E-state index in [4.69, 9.17) is 0 Å². The summed E-state index contributed by atoms with van der Waals surface area (Å²) in [5.74, 6) is 0.0120. The van der Waals surface area contributed by atoms with Gasteiger partial charge in [0.1, 0.15) is 0 Å². The Kier molecular flexibility index (Phi) is 15.7. The number of hydrazone groups is 1. The highest BCUT2D eigenvalue weighted by molar-refractivity contribution is 5.99. The van der Waals surface area contributed by atoms with Gasteiger partial charge in [0, 0.05) is 6.42 Å². The van der Waals surface area contributed by atoms with E-state index >= 15 is 0 Å². The Morgan fingerprint density at radius 2 is 1.38 bits per heavy atom. The first kappa shape index (κ1) is 25.1. The van der Waals surface area contributed by atoms with Crippen LogP contribution >= 0.6 is 0 Å². The summed E-state index contributed by atoms with van der Waals surface area (Å²) in [6.07, 6.45) is 21.8. The number of hydrogen-bond donors (Lipinski definition) is 1. The molecule has 0 aliphatic heterocycles. The molecule has 0 bridgehead atoms. The number of nitrogens with one attached hydrogen (secondary N) is 1. The molecule has 0 heterocycles. The van der Waals surface area contributed by atoms with E-state index in [1.807, 2.05) is 37.3 Å². The number of carbonyl (C=O) groups excluding carboxylic acids is 1. The van der Waals surface area contributed by atoms with Gasteiger partial charge in [0.05, 0.1) is 5.71 Å². The lowest BCUT2D eigenvalue weighted by Crippen LogP contribution is -2.18. The summed E-state index contributed by atoms with van der Waals surface area (Å²) in [5.41, 5.74) is 4.54. The molecule has 1 N–H and O–H groups in total. The summed E-state index contributed by atoms with van der Waals surface area (Å²) in [5, 5.41) is 4.19. The zero-order valence-corrected chi connectivity index (χ0v) is 18.8. The Balaban J connectivity index is 1.91. The normalized spacial score (nSPS) is 11.9. The number of hydrogen-bond acceptors (Lipinski definition) is 2. The van der Waals surface area contributed by atoms with Crippen molar-refractivity contribution in [2.45, 2.75) is 104 Å². The molecule has 0 aromatic heterocycles. The monoisotopic (exact) mass is 398 g/mol. The highest BCUT2D eigenvalue weighted by Crippen LogP contribution is 2.10. The first-order valence-electron chi connectivity index (χ1n) is 11.8. The molecule has 3 nitrogen and oxygen atoms in total. The highest BCUT2D eigenvalue weighted by atomic mass is 16.2. The first-order valence-corrected chi connectivity index (χ1v) is 11.8. The van der Waals surface area contributed by atoms with Crippen LogP contribution in [-0.4, -0.2) is 11.6 Å². The van der Waals surface area contributed by atoms with Crippen LogP contribution in [0.15, 0.2) is 47.6 Å². The zero-order valence-electron chi connectivity index (χ0n) is 18.8. The summed E-state index contributed by atoms with van der Waals surface area (Å²) in [6, 6.07) is 9.91. The minimum absolute atomic E-state index is 0.0120. The quantitative estimate of drug-likeness (QED) is 0.125. The molecule has 0 spiro atoms. The fraction of sp³-hybridized carbons (Fsp3) is 0.615. The molecular weight excluding hydrogens is 356 g/mol. The average molecular weight is 399 g/mol. The molecule has 162 valence electrons. The third-order valence-corrected chi connectivity index (χ3v) is 5.21. The van der Waals surface area contributed by atoms with Gasteiger partial charge in [-0.15, -0.1) is 0 Å². The van der Waals surface area contributed by atoms with Crippen LogP contribution in [0, 0.1) is 0 Å². The van der Waals surface area contributed by atoms with Crippen molar-refractivity contribution in [1.82, 2.24) is 5.43 Å². The Morgan fingerprint density at radius 1 is 0.828 bits per heavy atom. The van der Waals surface area contributed by atoms with Crippen molar-refractivity contribution in [2.75, 3.05) is 0 Å². The molecule has 29 heavy (non-hydrogen) atoms. The van der Waals surface area contributed by atoms with Crippen LogP contribution in [0.1, 0.15) is 109 Å². The summed E-state index contributed by atoms with van der Waals surface area (Å²) in [6.45, 7) is 4.18. The zero-order chi connectivity index (χ0) is 21.0. The largest absolute Gasteiger partial charge is 0.273 e. The van der Waals surface area contributed by atoms with Crippen LogP contribution in [0.5, 0.6) is 0 Å². The Hall–Kier alpha value is -1.90. The van der Waals surface area contributed by atoms with Crippen molar-refractivity contribution in [3.05, 3.63) is 48.0 Å². The van der Waals surface area contributed by atoms with Crippen LogP contribution in [0.4, 0.5) is 0 Å².